The van der Waals surface area contributed by atoms with E-state index in [4.69, 9.17) is 16.7 Å². The first-order valence-corrected chi connectivity index (χ1v) is 5.85. The monoisotopic (exact) mass is 270 g/mol. The quantitative estimate of drug-likeness (QED) is 0.721. The average Bonchev–Trinajstić information content (AvgIpc) is 2.34. The zero-order valence-corrected chi connectivity index (χ0v) is 10.7. The Hall–Kier alpha value is -1.59. The van der Waals surface area contributed by atoms with Gasteiger partial charge >= 0.3 is 5.97 Å². The lowest BCUT2D eigenvalue weighted by Gasteiger charge is -2.10. The lowest BCUT2D eigenvalue weighted by atomic mass is 10.2. The fourth-order valence-corrected chi connectivity index (χ4v) is 1.43. The number of halogens is 1. The van der Waals surface area contributed by atoms with Gasteiger partial charge in [-0.25, -0.2) is 0 Å². The molecule has 0 bridgehead atoms. The minimum absolute atomic E-state index is 0.0437. The Kier molecular flexibility index (Phi) is 5.61. The van der Waals surface area contributed by atoms with E-state index < -0.39 is 12.0 Å². The number of carbonyl (C=O) groups is 2. The van der Waals surface area contributed by atoms with E-state index in [1.165, 1.54) is 6.92 Å². The molecule has 1 aromatic rings. The van der Waals surface area contributed by atoms with Gasteiger partial charge < -0.3 is 10.4 Å². The molecule has 0 aliphatic rings. The van der Waals surface area contributed by atoms with Crippen molar-refractivity contribution in [1.29, 1.82) is 0 Å². The van der Waals surface area contributed by atoms with Gasteiger partial charge in [0.2, 0.25) is 5.91 Å². The van der Waals surface area contributed by atoms with Gasteiger partial charge in [-0.15, -0.1) is 0 Å². The SMILES string of the molecule is C[C@@H](NCC(=O)NCc1ccccc1Cl)C(=O)O. The molecule has 0 radical (unpaired) electrons. The van der Waals surface area contributed by atoms with E-state index in [-0.39, 0.29) is 12.5 Å². The molecule has 0 unspecified atom stereocenters. The summed E-state index contributed by atoms with van der Waals surface area (Å²) in [7, 11) is 0. The first kappa shape index (κ1) is 14.5. The van der Waals surface area contributed by atoms with Gasteiger partial charge in [-0.05, 0) is 18.6 Å². The van der Waals surface area contributed by atoms with Crippen LogP contribution in [0.2, 0.25) is 5.02 Å². The molecule has 18 heavy (non-hydrogen) atoms. The summed E-state index contributed by atoms with van der Waals surface area (Å²) in [5.74, 6) is -1.27. The number of rotatable bonds is 6. The predicted molar refractivity (Wildman–Crippen MR) is 68.4 cm³/mol. The van der Waals surface area contributed by atoms with Crippen molar-refractivity contribution in [3.63, 3.8) is 0 Å². The Morgan fingerprint density at radius 1 is 1.39 bits per heavy atom. The molecular weight excluding hydrogens is 256 g/mol. The maximum atomic E-state index is 11.4. The number of carboxylic acids is 1. The highest BCUT2D eigenvalue weighted by Gasteiger charge is 2.11. The van der Waals surface area contributed by atoms with E-state index in [9.17, 15) is 9.59 Å². The van der Waals surface area contributed by atoms with Gasteiger partial charge in [0.25, 0.3) is 0 Å². The van der Waals surface area contributed by atoms with Gasteiger partial charge in [0, 0.05) is 11.6 Å². The van der Waals surface area contributed by atoms with Gasteiger partial charge in [-0.2, -0.15) is 0 Å². The molecule has 0 aliphatic heterocycles. The van der Waals surface area contributed by atoms with Crippen LogP contribution in [-0.2, 0) is 16.1 Å². The number of carboxylic acid groups (broad SMARTS) is 1. The summed E-state index contributed by atoms with van der Waals surface area (Å²) in [5.41, 5.74) is 0.818. The van der Waals surface area contributed by atoms with Crippen LogP contribution in [0.25, 0.3) is 0 Å². The van der Waals surface area contributed by atoms with E-state index in [0.29, 0.717) is 11.6 Å². The third kappa shape index (κ3) is 4.73. The van der Waals surface area contributed by atoms with Gasteiger partial charge in [0.1, 0.15) is 6.04 Å². The molecule has 1 rings (SSSR count). The Balaban J connectivity index is 2.34. The van der Waals surface area contributed by atoms with E-state index in [0.717, 1.165) is 5.56 Å². The highest BCUT2D eigenvalue weighted by atomic mass is 35.5. The van der Waals surface area contributed by atoms with Crippen LogP contribution in [-0.4, -0.2) is 29.6 Å². The van der Waals surface area contributed by atoms with Crippen molar-refractivity contribution in [3.8, 4) is 0 Å². The van der Waals surface area contributed by atoms with E-state index >= 15 is 0 Å². The first-order valence-electron chi connectivity index (χ1n) is 5.47. The second-order valence-electron chi connectivity index (χ2n) is 3.81. The van der Waals surface area contributed by atoms with Crippen LogP contribution in [0, 0.1) is 0 Å². The third-order valence-corrected chi connectivity index (χ3v) is 2.74. The van der Waals surface area contributed by atoms with Crippen molar-refractivity contribution in [2.24, 2.45) is 0 Å². The van der Waals surface area contributed by atoms with Gasteiger partial charge in [-0.1, -0.05) is 29.8 Å². The molecule has 0 aromatic heterocycles. The third-order valence-electron chi connectivity index (χ3n) is 2.37. The first-order chi connectivity index (χ1) is 8.50. The molecule has 3 N–H and O–H groups in total. The van der Waals surface area contributed by atoms with Gasteiger partial charge in [0.05, 0.1) is 6.54 Å². The van der Waals surface area contributed by atoms with Crippen LogP contribution in [0.5, 0.6) is 0 Å². The fraction of sp³-hybridized carbons (Fsp3) is 0.333. The number of benzene rings is 1. The van der Waals surface area contributed by atoms with E-state index in [1.54, 1.807) is 6.07 Å². The molecule has 0 saturated heterocycles. The summed E-state index contributed by atoms with van der Waals surface area (Å²) in [6.07, 6.45) is 0. The lowest BCUT2D eigenvalue weighted by Crippen LogP contribution is -2.41. The van der Waals surface area contributed by atoms with Crippen molar-refractivity contribution in [3.05, 3.63) is 34.9 Å². The summed E-state index contributed by atoms with van der Waals surface area (Å²) in [4.78, 5) is 22.0. The van der Waals surface area contributed by atoms with Crippen molar-refractivity contribution in [2.75, 3.05) is 6.54 Å². The normalized spacial score (nSPS) is 11.9. The number of amides is 1. The second-order valence-corrected chi connectivity index (χ2v) is 4.22. The van der Waals surface area contributed by atoms with E-state index in [1.807, 2.05) is 18.2 Å². The summed E-state index contributed by atoms with van der Waals surface area (Å²) >= 11 is 5.93. The molecule has 98 valence electrons. The molecule has 5 nitrogen and oxygen atoms in total. The summed E-state index contributed by atoms with van der Waals surface area (Å²) in [5, 5.41) is 14.5. The van der Waals surface area contributed by atoms with Crippen molar-refractivity contribution in [1.82, 2.24) is 10.6 Å². The van der Waals surface area contributed by atoms with Crippen LogP contribution in [0.15, 0.2) is 24.3 Å². The van der Waals surface area contributed by atoms with Crippen molar-refractivity contribution < 1.29 is 14.7 Å². The van der Waals surface area contributed by atoms with Crippen LogP contribution >= 0.6 is 11.6 Å². The van der Waals surface area contributed by atoms with Crippen LogP contribution < -0.4 is 10.6 Å². The standard InChI is InChI=1S/C12H15ClN2O3/c1-8(12(17)18)14-7-11(16)15-6-9-4-2-3-5-10(9)13/h2-5,8,14H,6-7H2,1H3,(H,15,16)(H,17,18)/t8-/m1/s1. The Morgan fingerprint density at radius 2 is 2.06 bits per heavy atom. The smallest absolute Gasteiger partial charge is 0.320 e. The lowest BCUT2D eigenvalue weighted by molar-refractivity contribution is -0.139. The molecule has 6 heteroatoms. The summed E-state index contributed by atoms with van der Waals surface area (Å²) in [6, 6.07) is 6.45. The Labute approximate surface area is 110 Å². The van der Waals surface area contributed by atoms with Gasteiger partial charge in [-0.3, -0.25) is 14.9 Å². The Bertz CT molecular complexity index is 437. The minimum atomic E-state index is -0.992. The fourth-order valence-electron chi connectivity index (χ4n) is 1.23. The average molecular weight is 271 g/mol. The molecule has 0 spiro atoms. The zero-order chi connectivity index (χ0) is 13.5. The van der Waals surface area contributed by atoms with Crippen LogP contribution in [0.1, 0.15) is 12.5 Å². The highest BCUT2D eigenvalue weighted by molar-refractivity contribution is 6.31. The number of hydrogen-bond acceptors (Lipinski definition) is 3. The minimum Gasteiger partial charge on any atom is -0.480 e. The Morgan fingerprint density at radius 3 is 2.67 bits per heavy atom. The topological polar surface area (TPSA) is 78.4 Å². The molecule has 1 aromatic carbocycles. The number of carbonyl (C=O) groups excluding carboxylic acids is 1. The molecular formula is C12H15ClN2O3. The van der Waals surface area contributed by atoms with E-state index in [2.05, 4.69) is 10.6 Å². The molecule has 0 saturated carbocycles. The number of aliphatic carboxylic acids is 1. The number of nitrogens with one attached hydrogen (secondary N) is 2. The zero-order valence-electron chi connectivity index (χ0n) is 9.94. The largest absolute Gasteiger partial charge is 0.480 e. The molecule has 1 atom stereocenters. The summed E-state index contributed by atoms with van der Waals surface area (Å²) < 4.78 is 0. The molecule has 0 aliphatic carbocycles. The predicted octanol–water partition coefficient (Wildman–Crippen LogP) is 1.02. The van der Waals surface area contributed by atoms with Crippen LogP contribution in [0.4, 0.5) is 0 Å². The molecule has 1 amide bonds. The molecule has 0 fully saturated rings. The van der Waals surface area contributed by atoms with Crippen molar-refractivity contribution >= 4 is 23.5 Å². The highest BCUT2D eigenvalue weighted by Crippen LogP contribution is 2.13. The summed E-state index contributed by atoms with van der Waals surface area (Å²) in [6.45, 7) is 1.75. The second kappa shape index (κ2) is 6.98. The van der Waals surface area contributed by atoms with Crippen LogP contribution in [0.3, 0.4) is 0 Å². The maximum Gasteiger partial charge on any atom is 0.320 e. The molecule has 0 heterocycles. The van der Waals surface area contributed by atoms with Crippen molar-refractivity contribution in [2.45, 2.75) is 19.5 Å². The number of hydrogen-bond donors (Lipinski definition) is 3. The maximum absolute atomic E-state index is 11.4. The van der Waals surface area contributed by atoms with Gasteiger partial charge in [0.15, 0.2) is 0 Å².